The van der Waals surface area contributed by atoms with Crippen LogP contribution < -0.4 is 0 Å². The highest BCUT2D eigenvalue weighted by atomic mass is 19.4. The van der Waals surface area contributed by atoms with Crippen molar-refractivity contribution >= 4 is 11.6 Å². The Morgan fingerprint density at radius 2 is 1.20 bits per heavy atom. The molecule has 1 unspecified atom stereocenters. The maximum Gasteiger partial charge on any atom is 0.433 e. The first kappa shape index (κ1) is 35.1. The van der Waals surface area contributed by atoms with Crippen molar-refractivity contribution in [3.05, 3.63) is 76.1 Å². The van der Waals surface area contributed by atoms with Gasteiger partial charge < -0.3 is 4.74 Å². The Balaban J connectivity index is 0.00000268. The molecule has 224 valence electrons. The van der Waals surface area contributed by atoms with Gasteiger partial charge in [-0.25, -0.2) is 4.98 Å². The van der Waals surface area contributed by atoms with Crippen LogP contribution in [0.1, 0.15) is 49.7 Å². The van der Waals surface area contributed by atoms with Crippen molar-refractivity contribution < 1.29 is 67.0 Å². The van der Waals surface area contributed by atoms with E-state index in [-0.39, 0.29) is 30.3 Å². The lowest BCUT2D eigenvalue weighted by molar-refractivity contribution is -0.150. The number of hydrogen-bond acceptors (Lipinski definition) is 5. The molecule has 0 aliphatic rings. The normalized spacial score (nSPS) is 13.3. The van der Waals surface area contributed by atoms with Crippen molar-refractivity contribution in [1.29, 1.82) is 5.26 Å². The van der Waals surface area contributed by atoms with E-state index in [0.29, 0.717) is 12.2 Å². The van der Waals surface area contributed by atoms with E-state index >= 15 is 0 Å². The molecular formula is C24H16F12N2O3. The van der Waals surface area contributed by atoms with Crippen LogP contribution in [0, 0.1) is 17.2 Å². The van der Waals surface area contributed by atoms with Crippen LogP contribution in [0.2, 0.25) is 0 Å². The minimum absolute atomic E-state index is 0.00216. The maximum atomic E-state index is 13.0. The molecule has 5 nitrogen and oxygen atoms in total. The highest BCUT2D eigenvalue weighted by molar-refractivity contribution is 6.05. The van der Waals surface area contributed by atoms with Gasteiger partial charge in [-0.1, -0.05) is 6.08 Å². The van der Waals surface area contributed by atoms with E-state index in [1.807, 2.05) is 0 Å². The van der Waals surface area contributed by atoms with E-state index in [0.717, 1.165) is 0 Å². The lowest BCUT2D eigenvalue weighted by Crippen LogP contribution is -2.17. The molecule has 0 aliphatic heterocycles. The fraction of sp³-hybridized carbons (Fsp3) is 0.333. The zero-order valence-corrected chi connectivity index (χ0v) is 20.5. The number of halogens is 12. The molecule has 2 aromatic rings. The van der Waals surface area contributed by atoms with Gasteiger partial charge in [-0.2, -0.15) is 57.9 Å². The number of pyridine rings is 1. The fourth-order valence-corrected chi connectivity index (χ4v) is 2.85. The molecule has 0 N–H and O–H groups in total. The smallest absolute Gasteiger partial charge is 0.388 e. The molecule has 0 amide bonds. The van der Waals surface area contributed by atoms with Gasteiger partial charge in [-0.05, 0) is 36.4 Å². The van der Waals surface area contributed by atoms with Gasteiger partial charge in [-0.3, -0.25) is 9.59 Å². The van der Waals surface area contributed by atoms with Gasteiger partial charge in [0.15, 0.2) is 11.6 Å². The van der Waals surface area contributed by atoms with E-state index < -0.39 is 82.3 Å². The second-order valence-electron chi connectivity index (χ2n) is 7.91. The molecule has 2 rings (SSSR count). The molecule has 0 saturated heterocycles. The van der Waals surface area contributed by atoms with Crippen LogP contribution >= 0.6 is 0 Å². The molecule has 41 heavy (non-hydrogen) atoms. The Morgan fingerprint density at radius 3 is 1.54 bits per heavy atom. The molecule has 1 atom stereocenters. The molecular weight excluding hydrogens is 592 g/mol. The summed E-state index contributed by atoms with van der Waals surface area (Å²) in [5, 5.41) is 9.14. The fourth-order valence-electron chi connectivity index (χ4n) is 2.85. The Kier molecular flexibility index (Phi) is 11.3. The predicted octanol–water partition coefficient (Wildman–Crippen LogP) is 7.57. The van der Waals surface area contributed by atoms with Crippen LogP contribution in [0.25, 0.3) is 0 Å². The topological polar surface area (TPSA) is 80.0 Å². The number of ketones is 2. The first-order valence-electron chi connectivity index (χ1n) is 10.6. The summed E-state index contributed by atoms with van der Waals surface area (Å²) in [5.74, 6) is -4.60. The molecule has 0 fully saturated rings. The van der Waals surface area contributed by atoms with Crippen molar-refractivity contribution in [2.75, 3.05) is 14.2 Å². The number of ether oxygens (including phenoxy) is 1. The summed E-state index contributed by atoms with van der Waals surface area (Å²) in [7, 11) is 3.25. The first-order chi connectivity index (χ1) is 18.5. The van der Waals surface area contributed by atoms with Crippen LogP contribution in [0.5, 0.6) is 0 Å². The molecule has 0 radical (unpaired) electrons. The molecule has 0 saturated carbocycles. The van der Waals surface area contributed by atoms with Gasteiger partial charge in [0.2, 0.25) is 0 Å². The third-order valence-electron chi connectivity index (χ3n) is 4.65. The molecule has 0 spiro atoms. The van der Waals surface area contributed by atoms with Gasteiger partial charge >= 0.3 is 24.7 Å². The minimum Gasteiger partial charge on any atom is -0.388 e. The highest BCUT2D eigenvalue weighted by Gasteiger charge is 2.40. The van der Waals surface area contributed by atoms with Gasteiger partial charge in [0, 0.05) is 31.8 Å². The van der Waals surface area contributed by atoms with Crippen molar-refractivity contribution in [1.82, 2.24) is 4.98 Å². The van der Waals surface area contributed by atoms with Crippen LogP contribution in [0.3, 0.4) is 0 Å². The number of alkyl halides is 12. The SMILES string of the molecule is COC.N#CC(C=CC(=O)c1cc(C(F)(F)F)cc(C(F)(F)F)c1)CC(=O)c1cc(C(F)(F)F)nc(C(F)(F)F)c1. The second kappa shape index (κ2) is 13.1. The summed E-state index contributed by atoms with van der Waals surface area (Å²) in [6.45, 7) is 0. The van der Waals surface area contributed by atoms with Gasteiger partial charge in [0.25, 0.3) is 0 Å². The highest BCUT2D eigenvalue weighted by Crippen LogP contribution is 2.37. The van der Waals surface area contributed by atoms with Crippen molar-refractivity contribution in [3.8, 4) is 6.07 Å². The van der Waals surface area contributed by atoms with Crippen molar-refractivity contribution in [2.24, 2.45) is 5.92 Å². The van der Waals surface area contributed by atoms with Crippen molar-refractivity contribution in [2.45, 2.75) is 31.1 Å². The predicted molar refractivity (Wildman–Crippen MR) is 115 cm³/mol. The van der Waals surface area contributed by atoms with Gasteiger partial charge in [0.05, 0.1) is 23.1 Å². The zero-order valence-electron chi connectivity index (χ0n) is 20.5. The summed E-state index contributed by atoms with van der Waals surface area (Å²) in [6.07, 6.45) is -21.5. The number of nitriles is 1. The van der Waals surface area contributed by atoms with E-state index in [1.54, 1.807) is 14.2 Å². The van der Waals surface area contributed by atoms with E-state index in [2.05, 4.69) is 9.72 Å². The number of carbonyl (C=O) groups excluding carboxylic acids is 2. The standard InChI is InChI=1S/C22H10F12N2O2.C2H6O/c23-19(24,25)13-4-11(5-14(8-13)20(26,27)28)15(37)2-1-10(9-35)3-16(38)12-6-17(21(29,30)31)36-18(7-12)22(32,33)34;1-3-2/h1-2,4-8,10H,3H2;1-2H3. The van der Waals surface area contributed by atoms with E-state index in [1.165, 1.54) is 6.07 Å². The van der Waals surface area contributed by atoms with Crippen LogP contribution in [0.4, 0.5) is 52.7 Å². The van der Waals surface area contributed by atoms with Gasteiger partial charge in [0.1, 0.15) is 11.4 Å². The number of hydrogen-bond donors (Lipinski definition) is 0. The average Bonchev–Trinajstić information content (AvgIpc) is 2.84. The Bertz CT molecular complexity index is 1250. The summed E-state index contributed by atoms with van der Waals surface area (Å²) in [6, 6.07) is 1.36. The van der Waals surface area contributed by atoms with Crippen LogP contribution in [-0.2, 0) is 29.4 Å². The van der Waals surface area contributed by atoms with E-state index in [4.69, 9.17) is 5.26 Å². The first-order valence-corrected chi connectivity index (χ1v) is 10.6. The number of allylic oxidation sites excluding steroid dienone is 2. The summed E-state index contributed by atoms with van der Waals surface area (Å²) in [4.78, 5) is 26.9. The summed E-state index contributed by atoms with van der Waals surface area (Å²) < 4.78 is 159. The Morgan fingerprint density at radius 1 is 0.780 bits per heavy atom. The largest absolute Gasteiger partial charge is 0.433 e. The zero-order chi connectivity index (χ0) is 32.0. The average molecular weight is 608 g/mol. The third kappa shape index (κ3) is 10.5. The molecule has 1 heterocycles. The quantitative estimate of drug-likeness (QED) is 0.192. The van der Waals surface area contributed by atoms with Crippen LogP contribution in [0.15, 0.2) is 42.5 Å². The van der Waals surface area contributed by atoms with Crippen molar-refractivity contribution in [3.63, 3.8) is 0 Å². The lowest BCUT2D eigenvalue weighted by atomic mass is 9.96. The molecule has 1 aromatic heterocycles. The number of carbonyl (C=O) groups is 2. The summed E-state index contributed by atoms with van der Waals surface area (Å²) >= 11 is 0. The second-order valence-corrected chi connectivity index (χ2v) is 7.91. The molecule has 0 aliphatic carbocycles. The molecule has 1 aromatic carbocycles. The number of rotatable bonds is 6. The summed E-state index contributed by atoms with van der Waals surface area (Å²) in [5.41, 5.74) is -9.96. The monoisotopic (exact) mass is 608 g/mol. The number of benzene rings is 1. The minimum atomic E-state index is -5.38. The number of Topliss-reactive ketones (excluding diaryl/α,β-unsaturated/α-hetero) is 1. The molecule has 0 bridgehead atoms. The number of nitrogens with zero attached hydrogens (tertiary/aromatic N) is 2. The number of methoxy groups -OCH3 is 1. The van der Waals surface area contributed by atoms with Gasteiger partial charge in [-0.15, -0.1) is 0 Å². The lowest BCUT2D eigenvalue weighted by Gasteiger charge is -2.13. The van der Waals surface area contributed by atoms with Crippen LogP contribution in [-0.4, -0.2) is 30.8 Å². The number of aromatic nitrogens is 1. The Hall–Kier alpha value is -3.94. The third-order valence-corrected chi connectivity index (χ3v) is 4.65. The maximum absolute atomic E-state index is 13.0. The Labute approximate surface area is 223 Å². The molecule has 17 heteroatoms. The van der Waals surface area contributed by atoms with E-state index in [9.17, 15) is 62.3 Å².